The van der Waals surface area contributed by atoms with Crippen LogP contribution in [0.1, 0.15) is 11.1 Å². The zero-order chi connectivity index (χ0) is 12.3. The van der Waals surface area contributed by atoms with Gasteiger partial charge < -0.3 is 5.32 Å². The molecule has 0 atom stereocenters. The van der Waals surface area contributed by atoms with Crippen LogP contribution in [-0.2, 0) is 12.7 Å². The number of halogens is 3. The maximum absolute atomic E-state index is 12.7. The summed E-state index contributed by atoms with van der Waals surface area (Å²) in [7, 11) is 0. The van der Waals surface area contributed by atoms with Crippen molar-refractivity contribution in [1.82, 2.24) is 15.2 Å². The molecule has 0 spiro atoms. The Morgan fingerprint density at radius 2 is 2.00 bits per heavy atom. The summed E-state index contributed by atoms with van der Waals surface area (Å²) in [6, 6.07) is 1.45. The van der Waals surface area contributed by atoms with Crippen LogP contribution in [0, 0.1) is 0 Å². The van der Waals surface area contributed by atoms with Gasteiger partial charge >= 0.3 is 6.18 Å². The van der Waals surface area contributed by atoms with E-state index < -0.39 is 11.7 Å². The maximum Gasteiger partial charge on any atom is 0.418 e. The van der Waals surface area contributed by atoms with Gasteiger partial charge in [0.1, 0.15) is 0 Å². The Kier molecular flexibility index (Phi) is 3.63. The molecule has 2 heterocycles. The average Bonchev–Trinajstić information content (AvgIpc) is 2.30. The van der Waals surface area contributed by atoms with Gasteiger partial charge in [0.15, 0.2) is 0 Å². The molecular formula is C11H14F3N3. The van der Waals surface area contributed by atoms with Crippen molar-refractivity contribution in [2.24, 2.45) is 0 Å². The summed E-state index contributed by atoms with van der Waals surface area (Å²) < 4.78 is 38.2. The first-order chi connectivity index (χ1) is 8.07. The van der Waals surface area contributed by atoms with Gasteiger partial charge in [-0.15, -0.1) is 0 Å². The monoisotopic (exact) mass is 245 g/mol. The molecule has 1 saturated heterocycles. The first kappa shape index (κ1) is 12.3. The minimum Gasteiger partial charge on any atom is -0.314 e. The first-order valence-electron chi connectivity index (χ1n) is 5.50. The van der Waals surface area contributed by atoms with Crippen molar-refractivity contribution in [1.29, 1.82) is 0 Å². The lowest BCUT2D eigenvalue weighted by molar-refractivity contribution is -0.138. The third-order valence-electron chi connectivity index (χ3n) is 2.82. The third-order valence-corrected chi connectivity index (χ3v) is 2.82. The molecule has 0 amide bonds. The Bertz CT molecular complexity index is 372. The number of hydrogen-bond acceptors (Lipinski definition) is 3. The van der Waals surface area contributed by atoms with Crippen LogP contribution in [0.5, 0.6) is 0 Å². The summed E-state index contributed by atoms with van der Waals surface area (Å²) in [5.41, 5.74) is -0.326. The fourth-order valence-corrected chi connectivity index (χ4v) is 1.93. The second-order valence-corrected chi connectivity index (χ2v) is 4.06. The number of nitrogens with zero attached hydrogens (tertiary/aromatic N) is 2. The topological polar surface area (TPSA) is 28.2 Å². The average molecular weight is 245 g/mol. The van der Waals surface area contributed by atoms with Crippen LogP contribution < -0.4 is 5.32 Å². The number of aromatic nitrogens is 1. The summed E-state index contributed by atoms with van der Waals surface area (Å²) in [5, 5.41) is 3.17. The first-order valence-corrected chi connectivity index (χ1v) is 5.50. The SMILES string of the molecule is FC(F)(F)c1cnccc1CN1CCNCC1. The van der Waals surface area contributed by atoms with E-state index >= 15 is 0 Å². The van der Waals surface area contributed by atoms with Crippen molar-refractivity contribution in [3.63, 3.8) is 0 Å². The summed E-state index contributed by atoms with van der Waals surface area (Å²) in [6.07, 6.45) is -2.01. The smallest absolute Gasteiger partial charge is 0.314 e. The van der Waals surface area contributed by atoms with Gasteiger partial charge in [0.05, 0.1) is 5.56 Å². The molecule has 17 heavy (non-hydrogen) atoms. The number of rotatable bonds is 2. The standard InChI is InChI=1S/C11H14F3N3/c12-11(13,14)10-7-16-2-1-9(10)8-17-5-3-15-4-6-17/h1-2,7,15H,3-6,8H2. The van der Waals surface area contributed by atoms with Crippen LogP contribution in [0.25, 0.3) is 0 Å². The summed E-state index contributed by atoms with van der Waals surface area (Å²) in [4.78, 5) is 5.57. The fourth-order valence-electron chi connectivity index (χ4n) is 1.93. The van der Waals surface area contributed by atoms with Gasteiger partial charge in [0, 0.05) is 45.1 Å². The van der Waals surface area contributed by atoms with Crippen LogP contribution in [-0.4, -0.2) is 36.1 Å². The van der Waals surface area contributed by atoms with E-state index in [-0.39, 0.29) is 0 Å². The normalized spacial score (nSPS) is 18.3. The lowest BCUT2D eigenvalue weighted by Gasteiger charge is -2.28. The van der Waals surface area contributed by atoms with Crippen LogP contribution in [0.15, 0.2) is 18.5 Å². The highest BCUT2D eigenvalue weighted by Crippen LogP contribution is 2.31. The number of nitrogens with one attached hydrogen (secondary N) is 1. The summed E-state index contributed by atoms with van der Waals surface area (Å²) in [6.45, 7) is 3.54. The van der Waals surface area contributed by atoms with Crippen LogP contribution in [0.4, 0.5) is 13.2 Å². The van der Waals surface area contributed by atoms with E-state index in [9.17, 15) is 13.2 Å². The number of alkyl halides is 3. The van der Waals surface area contributed by atoms with Crippen LogP contribution in [0.3, 0.4) is 0 Å². The molecule has 1 fully saturated rings. The summed E-state index contributed by atoms with van der Waals surface area (Å²) >= 11 is 0. The summed E-state index contributed by atoms with van der Waals surface area (Å²) in [5.74, 6) is 0. The van der Waals surface area contributed by atoms with Crippen molar-refractivity contribution >= 4 is 0 Å². The van der Waals surface area contributed by atoms with E-state index in [1.165, 1.54) is 12.3 Å². The molecule has 1 aliphatic rings. The number of piperazine rings is 1. The Hall–Kier alpha value is -1.14. The van der Waals surface area contributed by atoms with Gasteiger partial charge in [0.25, 0.3) is 0 Å². The van der Waals surface area contributed by atoms with E-state index in [1.54, 1.807) is 0 Å². The highest BCUT2D eigenvalue weighted by Gasteiger charge is 2.33. The zero-order valence-electron chi connectivity index (χ0n) is 9.30. The highest BCUT2D eigenvalue weighted by molar-refractivity contribution is 5.26. The van der Waals surface area contributed by atoms with Crippen molar-refractivity contribution in [2.75, 3.05) is 26.2 Å². The number of hydrogen-bond donors (Lipinski definition) is 1. The van der Waals surface area contributed by atoms with Gasteiger partial charge in [0.2, 0.25) is 0 Å². The van der Waals surface area contributed by atoms with E-state index in [4.69, 9.17) is 0 Å². The molecule has 0 bridgehead atoms. The minimum atomic E-state index is -4.32. The van der Waals surface area contributed by atoms with Crippen molar-refractivity contribution in [3.8, 4) is 0 Å². The van der Waals surface area contributed by atoms with Gasteiger partial charge in [-0.2, -0.15) is 13.2 Å². The van der Waals surface area contributed by atoms with Gasteiger partial charge in [-0.05, 0) is 11.6 Å². The predicted molar refractivity (Wildman–Crippen MR) is 57.4 cm³/mol. The molecule has 0 aliphatic carbocycles. The Balaban J connectivity index is 2.14. The van der Waals surface area contributed by atoms with Crippen molar-refractivity contribution in [3.05, 3.63) is 29.6 Å². The highest BCUT2D eigenvalue weighted by atomic mass is 19.4. The van der Waals surface area contributed by atoms with Crippen LogP contribution in [0.2, 0.25) is 0 Å². The molecule has 0 saturated carbocycles. The van der Waals surface area contributed by atoms with Gasteiger partial charge in [-0.3, -0.25) is 9.88 Å². The molecule has 2 rings (SSSR count). The molecule has 6 heteroatoms. The lowest BCUT2D eigenvalue weighted by atomic mass is 10.1. The molecule has 0 aromatic carbocycles. The molecule has 0 radical (unpaired) electrons. The van der Waals surface area contributed by atoms with E-state index in [0.29, 0.717) is 12.1 Å². The number of pyridine rings is 1. The Labute approximate surface area is 97.6 Å². The third kappa shape index (κ3) is 3.17. The molecule has 1 N–H and O–H groups in total. The lowest BCUT2D eigenvalue weighted by Crippen LogP contribution is -2.43. The molecule has 1 aromatic heterocycles. The van der Waals surface area contributed by atoms with E-state index in [1.807, 2.05) is 4.90 Å². The van der Waals surface area contributed by atoms with Crippen LogP contribution >= 0.6 is 0 Å². The molecule has 94 valence electrons. The van der Waals surface area contributed by atoms with Crippen molar-refractivity contribution in [2.45, 2.75) is 12.7 Å². The molecule has 3 nitrogen and oxygen atoms in total. The molecular weight excluding hydrogens is 231 g/mol. The van der Waals surface area contributed by atoms with E-state index in [2.05, 4.69) is 10.3 Å². The quantitative estimate of drug-likeness (QED) is 0.856. The Morgan fingerprint density at radius 1 is 1.29 bits per heavy atom. The molecule has 1 aromatic rings. The second-order valence-electron chi connectivity index (χ2n) is 4.06. The van der Waals surface area contributed by atoms with Gasteiger partial charge in [-0.1, -0.05) is 0 Å². The zero-order valence-corrected chi connectivity index (χ0v) is 9.30. The fraction of sp³-hybridized carbons (Fsp3) is 0.545. The van der Waals surface area contributed by atoms with Gasteiger partial charge in [-0.25, -0.2) is 0 Å². The maximum atomic E-state index is 12.7. The Morgan fingerprint density at radius 3 is 2.65 bits per heavy atom. The predicted octanol–water partition coefficient (Wildman–Crippen LogP) is 1.51. The molecule has 1 aliphatic heterocycles. The van der Waals surface area contributed by atoms with Crippen molar-refractivity contribution < 1.29 is 13.2 Å². The minimum absolute atomic E-state index is 0.300. The molecule has 0 unspecified atom stereocenters. The second kappa shape index (κ2) is 5.01. The van der Waals surface area contributed by atoms with E-state index in [0.717, 1.165) is 32.4 Å². The largest absolute Gasteiger partial charge is 0.418 e.